The lowest BCUT2D eigenvalue weighted by Crippen LogP contribution is -2.17. The zero-order chi connectivity index (χ0) is 27.4. The Balaban J connectivity index is 0. The van der Waals surface area contributed by atoms with E-state index in [4.69, 9.17) is 10.6 Å². The molecule has 0 aliphatic rings. The van der Waals surface area contributed by atoms with E-state index in [-0.39, 0.29) is 6.61 Å². The molecule has 0 unspecified atom stereocenters. The van der Waals surface area contributed by atoms with Gasteiger partial charge in [-0.3, -0.25) is 4.98 Å². The van der Waals surface area contributed by atoms with Gasteiger partial charge in [-0.2, -0.15) is 13.2 Å². The number of nitrogens with two attached hydrogens (primary N) is 1. The van der Waals surface area contributed by atoms with Crippen LogP contribution in [0.15, 0.2) is 42.2 Å². The Hall–Kier alpha value is -2.26. The van der Waals surface area contributed by atoms with Crippen LogP contribution < -0.4 is 5.84 Å². The second-order valence-electron chi connectivity index (χ2n) is 6.81. The molecule has 0 spiro atoms. The highest BCUT2D eigenvalue weighted by atomic mass is 32.2. The van der Waals surface area contributed by atoms with Crippen molar-refractivity contribution >= 4 is 11.8 Å². The van der Waals surface area contributed by atoms with E-state index in [1.165, 1.54) is 18.2 Å². The fraction of sp³-hybridized carbons (Fsp3) is 0.538. The van der Waals surface area contributed by atoms with E-state index in [9.17, 15) is 13.2 Å². The van der Waals surface area contributed by atoms with Crippen LogP contribution in [0.1, 0.15) is 76.2 Å². The summed E-state index contributed by atoms with van der Waals surface area (Å²) in [7, 11) is 0. The maximum Gasteiger partial charge on any atom is 0.411 e. The van der Waals surface area contributed by atoms with Crippen LogP contribution in [-0.2, 0) is 23.5 Å². The maximum absolute atomic E-state index is 12.2. The van der Waals surface area contributed by atoms with E-state index in [1.807, 2.05) is 53.7 Å². The van der Waals surface area contributed by atoms with Crippen LogP contribution in [0, 0.1) is 13.8 Å². The first-order valence-electron chi connectivity index (χ1n) is 12.0. The van der Waals surface area contributed by atoms with Gasteiger partial charge < -0.3 is 10.6 Å². The van der Waals surface area contributed by atoms with Gasteiger partial charge in [0, 0.05) is 18.4 Å². The molecule has 0 aliphatic heterocycles. The molecule has 2 heterocycles. The first kappa shape index (κ1) is 34.9. The zero-order valence-electron chi connectivity index (χ0n) is 22.5. The number of rotatable bonds is 9. The normalized spacial score (nSPS) is 10.5. The molecule has 5 nitrogen and oxygen atoms in total. The molecule has 0 radical (unpaired) electrons. The number of pyridine rings is 1. The summed E-state index contributed by atoms with van der Waals surface area (Å²) in [5.41, 5.74) is 3.99. The number of alkyl halides is 3. The summed E-state index contributed by atoms with van der Waals surface area (Å²) in [5.74, 6) is 6.65. The molecule has 0 aromatic carbocycles. The number of thioether (sulfide) groups is 1. The van der Waals surface area contributed by atoms with Crippen LogP contribution in [0.4, 0.5) is 13.2 Å². The number of nitrogens with zero attached hydrogens (tertiary/aromatic N) is 3. The van der Waals surface area contributed by atoms with Gasteiger partial charge in [0.25, 0.3) is 0 Å². The Morgan fingerprint density at radius 1 is 1.17 bits per heavy atom. The molecule has 0 saturated carbocycles. The van der Waals surface area contributed by atoms with E-state index < -0.39 is 12.8 Å². The molecule has 0 atom stereocenters. The SMILES string of the molecule is C=C/C=C\Cc1c(C)nc(SCc2nccc(COCC(F)(F)F)c2C)n1N.CC.CC.CCC. The lowest BCUT2D eigenvalue weighted by molar-refractivity contribution is -0.176. The Bertz CT molecular complexity index is 865. The van der Waals surface area contributed by atoms with E-state index >= 15 is 0 Å². The molecule has 200 valence electrons. The number of imidazole rings is 1. The fourth-order valence-corrected chi connectivity index (χ4v) is 3.52. The topological polar surface area (TPSA) is 66.0 Å². The molecule has 35 heavy (non-hydrogen) atoms. The van der Waals surface area contributed by atoms with E-state index in [1.54, 1.807) is 23.0 Å². The van der Waals surface area contributed by atoms with Crippen LogP contribution in [0.3, 0.4) is 0 Å². The predicted octanol–water partition coefficient (Wildman–Crippen LogP) is 7.73. The summed E-state index contributed by atoms with van der Waals surface area (Å²) in [5, 5.41) is 0.652. The summed E-state index contributed by atoms with van der Waals surface area (Å²) in [6.45, 7) is 18.2. The predicted molar refractivity (Wildman–Crippen MR) is 143 cm³/mol. The Morgan fingerprint density at radius 2 is 1.77 bits per heavy atom. The number of halogens is 3. The van der Waals surface area contributed by atoms with Crippen molar-refractivity contribution in [1.82, 2.24) is 14.6 Å². The van der Waals surface area contributed by atoms with Gasteiger partial charge in [0.1, 0.15) is 6.61 Å². The fourth-order valence-electron chi connectivity index (χ4n) is 2.51. The van der Waals surface area contributed by atoms with Gasteiger partial charge in [0.15, 0.2) is 5.16 Å². The number of aromatic nitrogens is 3. The van der Waals surface area contributed by atoms with Crippen LogP contribution in [0.2, 0.25) is 0 Å². The first-order valence-corrected chi connectivity index (χ1v) is 12.9. The van der Waals surface area contributed by atoms with E-state index in [0.717, 1.165) is 22.6 Å². The smallest absolute Gasteiger partial charge is 0.367 e. The van der Waals surface area contributed by atoms with Crippen molar-refractivity contribution in [2.75, 3.05) is 12.4 Å². The van der Waals surface area contributed by atoms with Crippen LogP contribution in [-0.4, -0.2) is 27.4 Å². The van der Waals surface area contributed by atoms with Crippen molar-refractivity contribution in [3.63, 3.8) is 0 Å². The largest absolute Gasteiger partial charge is 0.411 e. The second kappa shape index (κ2) is 20.0. The minimum Gasteiger partial charge on any atom is -0.367 e. The van der Waals surface area contributed by atoms with Gasteiger partial charge in [0.2, 0.25) is 0 Å². The third kappa shape index (κ3) is 14.0. The van der Waals surface area contributed by atoms with Crippen LogP contribution in [0.25, 0.3) is 0 Å². The van der Waals surface area contributed by atoms with Crippen LogP contribution >= 0.6 is 11.8 Å². The standard InChI is InChI=1S/C19H23F3N4OS.C3H8.2C2H6/c1-4-5-6-7-17-14(3)25-18(26(17)23)28-11-16-13(2)15(8-9-24-16)10-27-12-19(20,21)22;1-3-2;2*1-2/h4-6,8-9H,1,7,10-12,23H2,2-3H3;3H2,1-2H3;2*1-2H3/b6-5-;;;. The highest BCUT2D eigenvalue weighted by molar-refractivity contribution is 7.98. The first-order chi connectivity index (χ1) is 16.6. The monoisotopic (exact) mass is 516 g/mol. The molecule has 9 heteroatoms. The van der Waals surface area contributed by atoms with E-state index in [0.29, 0.717) is 22.9 Å². The van der Waals surface area contributed by atoms with Gasteiger partial charge in [-0.05, 0) is 31.0 Å². The lowest BCUT2D eigenvalue weighted by atomic mass is 10.1. The molecule has 2 aromatic heterocycles. The molecule has 0 saturated heterocycles. The van der Waals surface area contributed by atoms with Gasteiger partial charge >= 0.3 is 6.18 Å². The Morgan fingerprint density at radius 3 is 2.31 bits per heavy atom. The molecule has 0 amide bonds. The summed E-state index contributed by atoms with van der Waals surface area (Å²) >= 11 is 1.42. The summed E-state index contributed by atoms with van der Waals surface area (Å²) in [4.78, 5) is 8.83. The van der Waals surface area contributed by atoms with Crippen molar-refractivity contribution < 1.29 is 17.9 Å². The van der Waals surface area contributed by atoms with Crippen LogP contribution in [0.5, 0.6) is 0 Å². The molecule has 0 fully saturated rings. The number of nitrogen functional groups attached to an aromatic ring is 1. The number of aryl methyl sites for hydroxylation is 1. The highest BCUT2D eigenvalue weighted by Gasteiger charge is 2.27. The van der Waals surface area contributed by atoms with Gasteiger partial charge in [-0.15, -0.1) is 0 Å². The molecular formula is C26H43F3N4OS. The van der Waals surface area contributed by atoms with Crippen molar-refractivity contribution in [2.24, 2.45) is 0 Å². The summed E-state index contributed by atoms with van der Waals surface area (Å²) in [6, 6.07) is 1.66. The third-order valence-electron chi connectivity index (χ3n) is 4.04. The highest BCUT2D eigenvalue weighted by Crippen LogP contribution is 2.25. The average Bonchev–Trinajstić information content (AvgIpc) is 3.09. The molecule has 0 bridgehead atoms. The zero-order valence-corrected chi connectivity index (χ0v) is 23.3. The lowest BCUT2D eigenvalue weighted by Gasteiger charge is -2.12. The molecule has 0 aliphatic carbocycles. The number of allylic oxidation sites excluding steroid dienone is 3. The second-order valence-corrected chi connectivity index (χ2v) is 7.75. The molecule has 2 aromatic rings. The van der Waals surface area contributed by atoms with Gasteiger partial charge in [0.05, 0.1) is 23.7 Å². The van der Waals surface area contributed by atoms with E-state index in [2.05, 4.69) is 30.4 Å². The maximum atomic E-state index is 12.2. The number of hydrogen-bond acceptors (Lipinski definition) is 5. The molecule has 2 N–H and O–H groups in total. The summed E-state index contributed by atoms with van der Waals surface area (Å²) < 4.78 is 43.1. The van der Waals surface area contributed by atoms with Gasteiger partial charge in [-0.25, -0.2) is 9.66 Å². The third-order valence-corrected chi connectivity index (χ3v) is 5.01. The minimum absolute atomic E-state index is 0.115. The Kier molecular flexibility index (Phi) is 19.9. The van der Waals surface area contributed by atoms with Crippen molar-refractivity contribution in [2.45, 2.75) is 91.9 Å². The average molecular weight is 517 g/mol. The molecular weight excluding hydrogens is 473 g/mol. The number of ether oxygens (including phenoxy) is 1. The van der Waals surface area contributed by atoms with Crippen molar-refractivity contribution in [1.29, 1.82) is 0 Å². The summed E-state index contributed by atoms with van der Waals surface area (Å²) in [6.07, 6.45) is 4.62. The van der Waals surface area contributed by atoms with Crippen molar-refractivity contribution in [3.8, 4) is 0 Å². The van der Waals surface area contributed by atoms with Gasteiger partial charge in [-0.1, -0.05) is 84.5 Å². The minimum atomic E-state index is -4.34. The van der Waals surface area contributed by atoms with Crippen molar-refractivity contribution in [3.05, 3.63) is 65.3 Å². The quantitative estimate of drug-likeness (QED) is 0.210. The molecule has 2 rings (SSSR count). The number of hydrogen-bond donors (Lipinski definition) is 1. The Labute approximate surface area is 214 Å².